The number of aromatic nitrogens is 1. The van der Waals surface area contributed by atoms with Gasteiger partial charge in [0.2, 0.25) is 0 Å². The molecule has 0 bridgehead atoms. The molecule has 3 rings (SSSR count). The summed E-state index contributed by atoms with van der Waals surface area (Å²) >= 11 is 0. The first-order valence-corrected chi connectivity index (χ1v) is 10.1. The van der Waals surface area contributed by atoms with Crippen LogP contribution in [0.3, 0.4) is 0 Å². The largest absolute Gasteiger partial charge is 0.486 e. The van der Waals surface area contributed by atoms with E-state index in [2.05, 4.69) is 34.6 Å². The number of rotatable bonds is 8. The molecule has 0 fully saturated rings. The average Bonchev–Trinajstić information content (AvgIpc) is 3.19. The van der Waals surface area contributed by atoms with E-state index in [0.717, 1.165) is 42.3 Å². The Morgan fingerprint density at radius 1 is 1.18 bits per heavy atom. The fourth-order valence-corrected chi connectivity index (χ4v) is 3.18. The third-order valence-corrected chi connectivity index (χ3v) is 4.78. The molecule has 7 heteroatoms. The molecule has 0 saturated carbocycles. The number of benzene rings is 1. The number of nitrogens with zero attached hydrogens (tertiary/aromatic N) is 2. The molecule has 0 aliphatic carbocycles. The SMILES string of the molecule is CCNC(=NCc1cc(C(CC)CC)no1)NCC1COc2ccccc2O1. The molecule has 1 aliphatic heterocycles. The van der Waals surface area contributed by atoms with Crippen LogP contribution in [-0.4, -0.2) is 36.9 Å². The van der Waals surface area contributed by atoms with E-state index in [4.69, 9.17) is 14.0 Å². The van der Waals surface area contributed by atoms with Crippen LogP contribution in [-0.2, 0) is 6.54 Å². The highest BCUT2D eigenvalue weighted by atomic mass is 16.6. The molecule has 1 aromatic heterocycles. The van der Waals surface area contributed by atoms with Gasteiger partial charge in [0.1, 0.15) is 19.3 Å². The number of aliphatic imine (C=N–C) groups is 1. The maximum atomic E-state index is 5.98. The lowest BCUT2D eigenvalue weighted by Gasteiger charge is -2.27. The molecule has 7 nitrogen and oxygen atoms in total. The summed E-state index contributed by atoms with van der Waals surface area (Å²) in [6.45, 7) is 8.68. The van der Waals surface area contributed by atoms with Gasteiger partial charge in [-0.3, -0.25) is 0 Å². The molecule has 2 heterocycles. The van der Waals surface area contributed by atoms with Crippen molar-refractivity contribution in [2.75, 3.05) is 19.7 Å². The van der Waals surface area contributed by atoms with Gasteiger partial charge in [0.25, 0.3) is 0 Å². The zero-order valence-electron chi connectivity index (χ0n) is 16.9. The van der Waals surface area contributed by atoms with Gasteiger partial charge < -0.3 is 24.6 Å². The summed E-state index contributed by atoms with van der Waals surface area (Å²) in [6.07, 6.45) is 2.04. The molecular formula is C21H30N4O3. The van der Waals surface area contributed by atoms with Crippen LogP contribution in [0.1, 0.15) is 51.0 Å². The Bertz CT molecular complexity index is 771. The van der Waals surface area contributed by atoms with Gasteiger partial charge in [-0.05, 0) is 31.9 Å². The second-order valence-corrected chi connectivity index (χ2v) is 6.81. The van der Waals surface area contributed by atoms with Crippen LogP contribution in [0, 0.1) is 0 Å². The Balaban J connectivity index is 1.55. The zero-order chi connectivity index (χ0) is 19.8. The van der Waals surface area contributed by atoms with Gasteiger partial charge >= 0.3 is 0 Å². The lowest BCUT2D eigenvalue weighted by atomic mass is 9.99. The van der Waals surface area contributed by atoms with Crippen LogP contribution in [0.15, 0.2) is 39.8 Å². The third-order valence-electron chi connectivity index (χ3n) is 4.78. The van der Waals surface area contributed by atoms with E-state index in [-0.39, 0.29) is 6.10 Å². The molecule has 0 spiro atoms. The van der Waals surface area contributed by atoms with Crippen molar-refractivity contribution >= 4 is 5.96 Å². The molecule has 0 amide bonds. The monoisotopic (exact) mass is 386 g/mol. The summed E-state index contributed by atoms with van der Waals surface area (Å²) in [7, 11) is 0. The van der Waals surface area contributed by atoms with Crippen molar-refractivity contribution in [2.24, 2.45) is 4.99 Å². The lowest BCUT2D eigenvalue weighted by Crippen LogP contribution is -2.45. The van der Waals surface area contributed by atoms with Gasteiger partial charge in [-0.1, -0.05) is 31.1 Å². The summed E-state index contributed by atoms with van der Waals surface area (Å²) in [5, 5.41) is 10.8. The second-order valence-electron chi connectivity index (χ2n) is 6.81. The molecule has 2 aromatic rings. The number of hydrogen-bond donors (Lipinski definition) is 2. The highest BCUT2D eigenvalue weighted by molar-refractivity contribution is 5.79. The fourth-order valence-electron chi connectivity index (χ4n) is 3.18. The van der Waals surface area contributed by atoms with E-state index in [1.807, 2.05) is 37.3 Å². The van der Waals surface area contributed by atoms with Crippen molar-refractivity contribution in [3.05, 3.63) is 41.8 Å². The predicted molar refractivity (Wildman–Crippen MR) is 109 cm³/mol. The minimum atomic E-state index is -0.0782. The summed E-state index contributed by atoms with van der Waals surface area (Å²) in [4.78, 5) is 4.60. The maximum absolute atomic E-state index is 5.98. The number of ether oxygens (including phenoxy) is 2. The highest BCUT2D eigenvalue weighted by Gasteiger charge is 2.20. The molecule has 1 atom stereocenters. The van der Waals surface area contributed by atoms with Gasteiger partial charge in [0.15, 0.2) is 23.2 Å². The van der Waals surface area contributed by atoms with Gasteiger partial charge in [0, 0.05) is 18.5 Å². The Kier molecular flexibility index (Phi) is 7.17. The van der Waals surface area contributed by atoms with E-state index in [0.29, 0.717) is 31.6 Å². The first-order chi connectivity index (χ1) is 13.7. The molecule has 152 valence electrons. The van der Waals surface area contributed by atoms with Crippen LogP contribution in [0.4, 0.5) is 0 Å². The van der Waals surface area contributed by atoms with Crippen LogP contribution >= 0.6 is 0 Å². The average molecular weight is 386 g/mol. The number of hydrogen-bond acceptors (Lipinski definition) is 5. The number of fused-ring (bicyclic) bond motifs is 1. The van der Waals surface area contributed by atoms with Crippen LogP contribution in [0.2, 0.25) is 0 Å². The fraction of sp³-hybridized carbons (Fsp3) is 0.524. The predicted octanol–water partition coefficient (Wildman–Crippen LogP) is 3.47. The third kappa shape index (κ3) is 5.18. The van der Waals surface area contributed by atoms with E-state index in [1.165, 1.54) is 0 Å². The second kappa shape index (κ2) is 10.0. The highest BCUT2D eigenvalue weighted by Crippen LogP contribution is 2.30. The van der Waals surface area contributed by atoms with Crippen molar-refractivity contribution in [1.29, 1.82) is 0 Å². The van der Waals surface area contributed by atoms with E-state index in [9.17, 15) is 0 Å². The Morgan fingerprint density at radius 3 is 2.71 bits per heavy atom. The first-order valence-electron chi connectivity index (χ1n) is 10.1. The normalized spacial score (nSPS) is 16.3. The van der Waals surface area contributed by atoms with E-state index >= 15 is 0 Å². The smallest absolute Gasteiger partial charge is 0.191 e. The molecule has 0 saturated heterocycles. The topological polar surface area (TPSA) is 80.9 Å². The molecule has 0 radical (unpaired) electrons. The number of para-hydroxylation sites is 2. The maximum Gasteiger partial charge on any atom is 0.191 e. The number of guanidine groups is 1. The lowest BCUT2D eigenvalue weighted by molar-refractivity contribution is 0.0936. The van der Waals surface area contributed by atoms with Crippen molar-refractivity contribution < 1.29 is 14.0 Å². The molecule has 2 N–H and O–H groups in total. The molecule has 1 aliphatic rings. The Labute approximate surface area is 166 Å². The number of nitrogens with one attached hydrogen (secondary N) is 2. The molecular weight excluding hydrogens is 356 g/mol. The van der Waals surface area contributed by atoms with E-state index in [1.54, 1.807) is 0 Å². The molecule has 1 unspecified atom stereocenters. The Morgan fingerprint density at radius 2 is 1.96 bits per heavy atom. The van der Waals surface area contributed by atoms with Crippen LogP contribution in [0.25, 0.3) is 0 Å². The molecule has 1 aromatic carbocycles. The van der Waals surface area contributed by atoms with Gasteiger partial charge in [-0.2, -0.15) is 0 Å². The van der Waals surface area contributed by atoms with Gasteiger partial charge in [-0.15, -0.1) is 0 Å². The minimum Gasteiger partial charge on any atom is -0.486 e. The van der Waals surface area contributed by atoms with Crippen LogP contribution < -0.4 is 20.1 Å². The van der Waals surface area contributed by atoms with Crippen LogP contribution in [0.5, 0.6) is 11.5 Å². The van der Waals surface area contributed by atoms with E-state index < -0.39 is 0 Å². The quantitative estimate of drug-likeness (QED) is 0.534. The summed E-state index contributed by atoms with van der Waals surface area (Å²) in [5.41, 5.74) is 1.01. The Hall–Kier alpha value is -2.70. The van der Waals surface area contributed by atoms with Gasteiger partial charge in [-0.25, -0.2) is 4.99 Å². The minimum absolute atomic E-state index is 0.0782. The van der Waals surface area contributed by atoms with Crippen molar-refractivity contribution in [1.82, 2.24) is 15.8 Å². The van der Waals surface area contributed by atoms with Crippen molar-refractivity contribution in [3.63, 3.8) is 0 Å². The van der Waals surface area contributed by atoms with Crippen molar-refractivity contribution in [3.8, 4) is 11.5 Å². The summed E-state index contributed by atoms with van der Waals surface area (Å²) in [6, 6.07) is 9.73. The first kappa shape index (κ1) is 20.0. The summed E-state index contributed by atoms with van der Waals surface area (Å²) < 4.78 is 17.2. The van der Waals surface area contributed by atoms with Gasteiger partial charge in [0.05, 0.1) is 12.2 Å². The zero-order valence-corrected chi connectivity index (χ0v) is 16.9. The standard InChI is InChI=1S/C21H30N4O3/c1-4-15(5-2)18-11-16(28-25-18)12-23-21(22-6-3)24-13-17-14-26-19-9-7-8-10-20(19)27-17/h7-11,15,17H,4-6,12-14H2,1-3H3,(H2,22,23,24). The molecule has 28 heavy (non-hydrogen) atoms. The summed E-state index contributed by atoms with van der Waals surface area (Å²) in [5.74, 6) is 3.49. The van der Waals surface area contributed by atoms with Crippen molar-refractivity contribution in [2.45, 2.75) is 52.2 Å².